The molecule has 0 aliphatic rings. The van der Waals surface area contributed by atoms with Gasteiger partial charge in [-0.15, -0.1) is 0 Å². The summed E-state index contributed by atoms with van der Waals surface area (Å²) in [5.41, 5.74) is -0.630. The second-order valence-electron chi connectivity index (χ2n) is 5.22. The fourth-order valence-corrected chi connectivity index (χ4v) is 1.21. The van der Waals surface area contributed by atoms with E-state index in [0.717, 1.165) is 0 Å². The van der Waals surface area contributed by atoms with Crippen LogP contribution in [0.3, 0.4) is 0 Å². The van der Waals surface area contributed by atoms with Crippen molar-refractivity contribution in [2.45, 2.75) is 52.7 Å². The number of amides is 1. The first kappa shape index (κ1) is 17.4. The zero-order valence-corrected chi connectivity index (χ0v) is 12.5. The lowest BCUT2D eigenvalue weighted by Crippen LogP contribution is -2.43. The minimum Gasteiger partial charge on any atom is -0.466 e. The van der Waals surface area contributed by atoms with Crippen LogP contribution in [0.5, 0.6) is 0 Å². The molecule has 0 N–H and O–H groups in total. The molecule has 1 amide bonds. The van der Waals surface area contributed by atoms with Gasteiger partial charge in [-0.2, -0.15) is 0 Å². The number of hydrogen-bond acceptors (Lipinski definition) is 5. The molecule has 0 saturated heterocycles. The number of ketones is 1. The van der Waals surface area contributed by atoms with Gasteiger partial charge in [0.05, 0.1) is 12.6 Å². The van der Waals surface area contributed by atoms with Gasteiger partial charge in [0, 0.05) is 7.05 Å². The lowest BCUT2D eigenvalue weighted by molar-refractivity contribution is -0.146. The monoisotopic (exact) mass is 273 g/mol. The van der Waals surface area contributed by atoms with Crippen molar-refractivity contribution in [1.82, 2.24) is 4.90 Å². The summed E-state index contributed by atoms with van der Waals surface area (Å²) < 4.78 is 9.83. The standard InChI is InChI=1S/C13H23NO5/c1-7-18-11(16)8-10(15)9(2)14(6)12(17)19-13(3,4)5/h9H,7-8H2,1-6H3. The molecule has 110 valence electrons. The third-order valence-corrected chi connectivity index (χ3v) is 2.35. The molecule has 19 heavy (non-hydrogen) atoms. The van der Waals surface area contributed by atoms with E-state index in [9.17, 15) is 14.4 Å². The molecule has 0 aromatic rings. The van der Waals surface area contributed by atoms with E-state index in [1.807, 2.05) is 0 Å². The van der Waals surface area contributed by atoms with E-state index in [-0.39, 0.29) is 18.8 Å². The normalized spacial score (nSPS) is 12.5. The van der Waals surface area contributed by atoms with Crippen molar-refractivity contribution in [2.24, 2.45) is 0 Å². The van der Waals surface area contributed by atoms with Crippen LogP contribution in [0, 0.1) is 0 Å². The first-order chi connectivity index (χ1) is 8.58. The van der Waals surface area contributed by atoms with E-state index in [2.05, 4.69) is 4.74 Å². The Morgan fingerprint density at radius 1 is 1.21 bits per heavy atom. The molecule has 0 heterocycles. The van der Waals surface area contributed by atoms with Crippen LogP contribution in [0.4, 0.5) is 4.79 Å². The summed E-state index contributed by atoms with van der Waals surface area (Å²) >= 11 is 0. The van der Waals surface area contributed by atoms with Crippen molar-refractivity contribution >= 4 is 17.8 Å². The summed E-state index contributed by atoms with van der Waals surface area (Å²) in [5.74, 6) is -0.969. The Bertz CT molecular complexity index is 345. The topological polar surface area (TPSA) is 72.9 Å². The number of Topliss-reactive ketones (excluding diaryl/α,β-unsaturated/α-hetero) is 1. The predicted octanol–water partition coefficient (Wildman–Crippen LogP) is 1.76. The molecule has 0 rings (SSSR count). The number of esters is 1. The molecule has 1 atom stereocenters. The van der Waals surface area contributed by atoms with Crippen LogP contribution in [0.25, 0.3) is 0 Å². The molecule has 0 saturated carbocycles. The van der Waals surface area contributed by atoms with Crippen LogP contribution in [0.1, 0.15) is 41.0 Å². The number of rotatable bonds is 5. The van der Waals surface area contributed by atoms with Gasteiger partial charge in [-0.3, -0.25) is 9.59 Å². The van der Waals surface area contributed by atoms with E-state index >= 15 is 0 Å². The number of ether oxygens (including phenoxy) is 2. The third kappa shape index (κ3) is 6.79. The molecular weight excluding hydrogens is 250 g/mol. The van der Waals surface area contributed by atoms with Crippen LogP contribution in [-0.4, -0.2) is 48.0 Å². The van der Waals surface area contributed by atoms with Crippen molar-refractivity contribution in [3.05, 3.63) is 0 Å². The number of hydrogen-bond donors (Lipinski definition) is 0. The second-order valence-corrected chi connectivity index (χ2v) is 5.22. The predicted molar refractivity (Wildman–Crippen MR) is 69.7 cm³/mol. The van der Waals surface area contributed by atoms with Gasteiger partial charge in [0.15, 0.2) is 5.78 Å². The van der Waals surface area contributed by atoms with Gasteiger partial charge in [-0.1, -0.05) is 0 Å². The SMILES string of the molecule is CCOC(=O)CC(=O)C(C)N(C)C(=O)OC(C)(C)C. The Kier molecular flexibility index (Phi) is 6.52. The minimum absolute atomic E-state index is 0.225. The first-order valence-electron chi connectivity index (χ1n) is 6.22. The molecule has 0 aliphatic heterocycles. The molecule has 6 heteroatoms. The average molecular weight is 273 g/mol. The Morgan fingerprint density at radius 3 is 2.16 bits per heavy atom. The molecule has 6 nitrogen and oxygen atoms in total. The molecule has 0 fully saturated rings. The first-order valence-corrected chi connectivity index (χ1v) is 6.22. The third-order valence-electron chi connectivity index (χ3n) is 2.35. The van der Waals surface area contributed by atoms with E-state index in [1.165, 1.54) is 11.9 Å². The summed E-state index contributed by atoms with van der Waals surface area (Å²) in [6.45, 7) is 8.66. The van der Waals surface area contributed by atoms with Crippen LogP contribution in [-0.2, 0) is 19.1 Å². The molecule has 0 aromatic carbocycles. The van der Waals surface area contributed by atoms with Crippen molar-refractivity contribution in [2.75, 3.05) is 13.7 Å². The van der Waals surface area contributed by atoms with Gasteiger partial charge < -0.3 is 14.4 Å². The summed E-state index contributed by atoms with van der Waals surface area (Å²) in [6, 6.07) is -0.737. The van der Waals surface area contributed by atoms with Crippen LogP contribution in [0.15, 0.2) is 0 Å². The molecule has 1 unspecified atom stereocenters. The zero-order chi connectivity index (χ0) is 15.2. The lowest BCUT2D eigenvalue weighted by atomic mass is 10.1. The van der Waals surface area contributed by atoms with Crippen molar-refractivity contribution in [3.8, 4) is 0 Å². The highest BCUT2D eigenvalue weighted by atomic mass is 16.6. The number of carbonyl (C=O) groups is 3. The highest BCUT2D eigenvalue weighted by Crippen LogP contribution is 2.11. The van der Waals surface area contributed by atoms with E-state index < -0.39 is 23.7 Å². The van der Waals surface area contributed by atoms with E-state index in [4.69, 9.17) is 4.74 Å². The van der Waals surface area contributed by atoms with Crippen LogP contribution < -0.4 is 0 Å². The highest BCUT2D eigenvalue weighted by Gasteiger charge is 2.28. The Morgan fingerprint density at radius 2 is 1.74 bits per heavy atom. The fourth-order valence-electron chi connectivity index (χ4n) is 1.21. The molecule has 0 aromatic heterocycles. The molecule has 0 radical (unpaired) electrons. The summed E-state index contributed by atoms with van der Waals surface area (Å²) in [4.78, 5) is 35.9. The van der Waals surface area contributed by atoms with Crippen LogP contribution >= 0.6 is 0 Å². The van der Waals surface area contributed by atoms with Gasteiger partial charge in [-0.25, -0.2) is 4.79 Å². The summed E-state index contributed by atoms with van der Waals surface area (Å²) in [5, 5.41) is 0. The number of likely N-dealkylation sites (N-methyl/N-ethyl adjacent to an activating group) is 1. The molecule has 0 bridgehead atoms. The van der Waals surface area contributed by atoms with Crippen molar-refractivity contribution < 1.29 is 23.9 Å². The van der Waals surface area contributed by atoms with Gasteiger partial charge in [0.2, 0.25) is 0 Å². The Hall–Kier alpha value is -1.59. The Labute approximate surface area is 114 Å². The smallest absolute Gasteiger partial charge is 0.410 e. The number of carbonyl (C=O) groups excluding carboxylic acids is 3. The lowest BCUT2D eigenvalue weighted by Gasteiger charge is -2.27. The van der Waals surface area contributed by atoms with Crippen molar-refractivity contribution in [3.63, 3.8) is 0 Å². The minimum atomic E-state index is -0.737. The summed E-state index contributed by atoms with van der Waals surface area (Å²) in [7, 11) is 1.46. The second kappa shape index (κ2) is 7.11. The fraction of sp³-hybridized carbons (Fsp3) is 0.769. The molecule has 0 aliphatic carbocycles. The molecular formula is C13H23NO5. The average Bonchev–Trinajstić information content (AvgIpc) is 2.24. The quantitative estimate of drug-likeness (QED) is 0.563. The largest absolute Gasteiger partial charge is 0.466 e. The van der Waals surface area contributed by atoms with Crippen molar-refractivity contribution in [1.29, 1.82) is 0 Å². The van der Waals surface area contributed by atoms with E-state index in [0.29, 0.717) is 0 Å². The van der Waals surface area contributed by atoms with Crippen LogP contribution in [0.2, 0.25) is 0 Å². The van der Waals surface area contributed by atoms with Gasteiger partial charge >= 0.3 is 12.1 Å². The van der Waals surface area contributed by atoms with Gasteiger partial charge in [0.25, 0.3) is 0 Å². The zero-order valence-electron chi connectivity index (χ0n) is 12.5. The maximum absolute atomic E-state index is 11.8. The van der Waals surface area contributed by atoms with E-state index in [1.54, 1.807) is 34.6 Å². The summed E-state index contributed by atoms with van der Waals surface area (Å²) in [6.07, 6.45) is -0.945. The number of nitrogens with zero attached hydrogens (tertiary/aromatic N) is 1. The Balaban J connectivity index is 4.47. The highest BCUT2D eigenvalue weighted by molar-refractivity contribution is 5.99. The van der Waals surface area contributed by atoms with Gasteiger partial charge in [0.1, 0.15) is 12.0 Å². The molecule has 0 spiro atoms. The maximum atomic E-state index is 11.8. The maximum Gasteiger partial charge on any atom is 0.410 e. The van der Waals surface area contributed by atoms with Gasteiger partial charge in [-0.05, 0) is 34.6 Å².